The Kier molecular flexibility index (Phi) is 3.77. The predicted octanol–water partition coefficient (Wildman–Crippen LogP) is 2.66. The zero-order chi connectivity index (χ0) is 14.0. The molecule has 7 heteroatoms. The first-order valence-electron chi connectivity index (χ1n) is 5.31. The summed E-state index contributed by atoms with van der Waals surface area (Å²) < 4.78 is 27.2. The zero-order valence-corrected chi connectivity index (χ0v) is 12.4. The Bertz CT molecular complexity index is 717. The third kappa shape index (κ3) is 3.24. The Balaban J connectivity index is 2.39. The number of nitrogens with one attached hydrogen (secondary N) is 1. The van der Waals surface area contributed by atoms with Crippen molar-refractivity contribution in [3.05, 3.63) is 46.7 Å². The molecule has 0 aliphatic heterocycles. The van der Waals surface area contributed by atoms with Gasteiger partial charge in [-0.15, -0.1) is 0 Å². The van der Waals surface area contributed by atoms with Crippen LogP contribution in [-0.4, -0.2) is 18.5 Å². The Morgan fingerprint density at radius 2 is 2.00 bits per heavy atom. The van der Waals surface area contributed by atoms with E-state index in [9.17, 15) is 13.5 Å². The molecule has 1 heterocycles. The number of phenolic OH excluding ortho intramolecular Hbond substituents is 1. The van der Waals surface area contributed by atoms with Gasteiger partial charge in [-0.05, 0) is 46.6 Å². The van der Waals surface area contributed by atoms with Crippen molar-refractivity contribution in [2.24, 2.45) is 0 Å². The van der Waals surface area contributed by atoms with Crippen LogP contribution in [0.4, 0.5) is 5.69 Å². The molecule has 5 nitrogen and oxygen atoms in total. The minimum atomic E-state index is -3.78. The quantitative estimate of drug-likeness (QED) is 0.840. The van der Waals surface area contributed by atoms with Crippen molar-refractivity contribution in [2.45, 2.75) is 11.8 Å². The van der Waals surface area contributed by atoms with E-state index in [0.717, 1.165) is 5.56 Å². The molecule has 100 valence electrons. The standard InChI is InChI=1S/C12H11BrN2O3S/c1-8-2-3-12(16)11(4-8)15-19(17,18)10-5-9(13)6-14-7-10/h2-7,15-16H,1H3. The Hall–Kier alpha value is -1.60. The maximum absolute atomic E-state index is 12.1. The monoisotopic (exact) mass is 342 g/mol. The van der Waals surface area contributed by atoms with Crippen molar-refractivity contribution in [2.75, 3.05) is 4.72 Å². The molecule has 0 radical (unpaired) electrons. The molecule has 0 spiro atoms. The van der Waals surface area contributed by atoms with Gasteiger partial charge in [-0.25, -0.2) is 8.42 Å². The van der Waals surface area contributed by atoms with Crippen molar-refractivity contribution in [1.29, 1.82) is 0 Å². The summed E-state index contributed by atoms with van der Waals surface area (Å²) in [5, 5.41) is 9.65. The van der Waals surface area contributed by atoms with Crippen molar-refractivity contribution >= 4 is 31.6 Å². The maximum atomic E-state index is 12.1. The number of aromatic hydroxyl groups is 1. The van der Waals surface area contributed by atoms with E-state index >= 15 is 0 Å². The molecule has 0 bridgehead atoms. The number of pyridine rings is 1. The Morgan fingerprint density at radius 1 is 1.26 bits per heavy atom. The molecule has 0 saturated carbocycles. The number of halogens is 1. The van der Waals surface area contributed by atoms with Gasteiger partial charge >= 0.3 is 0 Å². The number of hydrogen-bond donors (Lipinski definition) is 2. The van der Waals surface area contributed by atoms with E-state index in [-0.39, 0.29) is 16.3 Å². The maximum Gasteiger partial charge on any atom is 0.263 e. The Morgan fingerprint density at radius 3 is 2.68 bits per heavy atom. The van der Waals surface area contributed by atoms with Gasteiger partial charge in [0, 0.05) is 16.9 Å². The lowest BCUT2D eigenvalue weighted by molar-refractivity contribution is 0.477. The molecular weight excluding hydrogens is 332 g/mol. The van der Waals surface area contributed by atoms with Crippen LogP contribution in [0.3, 0.4) is 0 Å². The van der Waals surface area contributed by atoms with Gasteiger partial charge in [-0.3, -0.25) is 9.71 Å². The Labute approximate surface area is 119 Å². The first-order valence-corrected chi connectivity index (χ1v) is 7.59. The number of rotatable bonds is 3. The van der Waals surface area contributed by atoms with Crippen molar-refractivity contribution < 1.29 is 13.5 Å². The van der Waals surface area contributed by atoms with Gasteiger partial charge in [0.15, 0.2) is 0 Å². The number of aromatic nitrogens is 1. The summed E-state index contributed by atoms with van der Waals surface area (Å²) in [6, 6.07) is 6.11. The fourth-order valence-electron chi connectivity index (χ4n) is 1.47. The number of anilines is 1. The second kappa shape index (κ2) is 5.18. The van der Waals surface area contributed by atoms with E-state index in [4.69, 9.17) is 0 Å². The van der Waals surface area contributed by atoms with Gasteiger partial charge in [-0.1, -0.05) is 6.07 Å². The lowest BCUT2D eigenvalue weighted by Gasteiger charge is -2.10. The van der Waals surface area contributed by atoms with Crippen LogP contribution in [0.15, 0.2) is 46.0 Å². The van der Waals surface area contributed by atoms with Gasteiger partial charge in [0.05, 0.1) is 5.69 Å². The topological polar surface area (TPSA) is 79.3 Å². The summed E-state index contributed by atoms with van der Waals surface area (Å²) in [6.45, 7) is 1.80. The second-order valence-electron chi connectivity index (χ2n) is 3.96. The summed E-state index contributed by atoms with van der Waals surface area (Å²) >= 11 is 3.16. The molecule has 0 unspecified atom stereocenters. The smallest absolute Gasteiger partial charge is 0.263 e. The predicted molar refractivity (Wildman–Crippen MR) is 75.6 cm³/mol. The van der Waals surface area contributed by atoms with Crippen LogP contribution < -0.4 is 4.72 Å². The first kappa shape index (κ1) is 13.8. The molecule has 1 aromatic carbocycles. The van der Waals surface area contributed by atoms with Crippen LogP contribution in [0.2, 0.25) is 0 Å². The SMILES string of the molecule is Cc1ccc(O)c(NS(=O)(=O)c2cncc(Br)c2)c1. The van der Waals surface area contributed by atoms with E-state index in [1.54, 1.807) is 19.1 Å². The summed E-state index contributed by atoms with van der Waals surface area (Å²) in [5.41, 5.74) is 0.975. The minimum absolute atomic E-state index is 0.0165. The number of phenols is 1. The zero-order valence-electron chi connectivity index (χ0n) is 9.96. The molecule has 19 heavy (non-hydrogen) atoms. The number of nitrogens with zero attached hydrogens (tertiary/aromatic N) is 1. The van der Waals surface area contributed by atoms with Gasteiger partial charge in [-0.2, -0.15) is 0 Å². The van der Waals surface area contributed by atoms with E-state index in [1.807, 2.05) is 0 Å². The third-order valence-corrected chi connectivity index (χ3v) is 4.15. The van der Waals surface area contributed by atoms with Crippen molar-refractivity contribution in [3.63, 3.8) is 0 Å². The lowest BCUT2D eigenvalue weighted by atomic mass is 10.2. The van der Waals surface area contributed by atoms with E-state index in [1.165, 1.54) is 24.5 Å². The minimum Gasteiger partial charge on any atom is -0.506 e. The number of aryl methyl sites for hydroxylation is 1. The largest absolute Gasteiger partial charge is 0.506 e. The van der Waals surface area contributed by atoms with Gasteiger partial charge in [0.1, 0.15) is 10.6 Å². The normalized spacial score (nSPS) is 11.3. The number of sulfonamides is 1. The van der Waals surface area contributed by atoms with Crippen LogP contribution in [0.5, 0.6) is 5.75 Å². The highest BCUT2D eigenvalue weighted by Crippen LogP contribution is 2.27. The van der Waals surface area contributed by atoms with E-state index < -0.39 is 10.0 Å². The molecule has 0 aliphatic carbocycles. The van der Waals surface area contributed by atoms with Gasteiger partial charge in [0.25, 0.3) is 10.0 Å². The lowest BCUT2D eigenvalue weighted by Crippen LogP contribution is -2.13. The fourth-order valence-corrected chi connectivity index (χ4v) is 3.04. The summed E-state index contributed by atoms with van der Waals surface area (Å²) in [4.78, 5) is 3.82. The fraction of sp³-hybridized carbons (Fsp3) is 0.0833. The average molecular weight is 343 g/mol. The van der Waals surface area contributed by atoms with Crippen LogP contribution in [0, 0.1) is 6.92 Å². The van der Waals surface area contributed by atoms with Crippen LogP contribution in [0.25, 0.3) is 0 Å². The highest BCUT2D eigenvalue weighted by molar-refractivity contribution is 9.10. The summed E-state index contributed by atoms with van der Waals surface area (Å²) in [5.74, 6) is -0.128. The molecule has 0 atom stereocenters. The number of hydrogen-bond acceptors (Lipinski definition) is 4. The van der Waals surface area contributed by atoms with E-state index in [0.29, 0.717) is 4.47 Å². The molecule has 2 aromatic rings. The van der Waals surface area contributed by atoms with E-state index in [2.05, 4.69) is 25.6 Å². The highest BCUT2D eigenvalue weighted by Gasteiger charge is 2.16. The highest BCUT2D eigenvalue weighted by atomic mass is 79.9. The molecular formula is C12H11BrN2O3S. The van der Waals surface area contributed by atoms with Crippen molar-refractivity contribution in [1.82, 2.24) is 4.98 Å². The second-order valence-corrected chi connectivity index (χ2v) is 6.56. The third-order valence-electron chi connectivity index (χ3n) is 2.39. The molecule has 0 saturated heterocycles. The molecule has 2 rings (SSSR count). The van der Waals surface area contributed by atoms with Crippen molar-refractivity contribution in [3.8, 4) is 5.75 Å². The van der Waals surface area contributed by atoms with Crippen LogP contribution in [-0.2, 0) is 10.0 Å². The van der Waals surface area contributed by atoms with Crippen LogP contribution in [0.1, 0.15) is 5.56 Å². The molecule has 0 aliphatic rings. The number of benzene rings is 1. The molecule has 0 amide bonds. The van der Waals surface area contributed by atoms with Gasteiger partial charge < -0.3 is 5.11 Å². The summed E-state index contributed by atoms with van der Waals surface area (Å²) in [6.07, 6.45) is 2.73. The van der Waals surface area contributed by atoms with Gasteiger partial charge in [0.2, 0.25) is 0 Å². The average Bonchev–Trinajstić information content (AvgIpc) is 2.33. The molecule has 2 N–H and O–H groups in total. The summed E-state index contributed by atoms with van der Waals surface area (Å²) in [7, 11) is -3.78. The first-order chi connectivity index (χ1) is 8.88. The van der Waals surface area contributed by atoms with Crippen LogP contribution >= 0.6 is 15.9 Å². The molecule has 1 aromatic heterocycles. The molecule has 0 fully saturated rings.